The number of aryl methyl sites for hydroxylation is 1. The Hall–Kier alpha value is -7.61. The van der Waals surface area contributed by atoms with Crippen LogP contribution in [0.25, 0.3) is 0 Å². The molecule has 8 aromatic rings. The molecule has 0 saturated carbocycles. The summed E-state index contributed by atoms with van der Waals surface area (Å²) in [5.74, 6) is 9.73. The Morgan fingerprint density at radius 2 is 0.615 bits per heavy atom. The molecule has 28 heteroatoms. The highest BCUT2D eigenvalue weighted by Crippen LogP contribution is 2.43. The van der Waals surface area contributed by atoms with Crippen LogP contribution < -0.4 is 34.3 Å². The van der Waals surface area contributed by atoms with Crippen molar-refractivity contribution >= 4 is 62.1 Å². The van der Waals surface area contributed by atoms with Gasteiger partial charge in [-0.1, -0.05) is 71.0 Å². The number of aromatic nitrogens is 9. The zero-order chi connectivity index (χ0) is 98.4. The van der Waals surface area contributed by atoms with Gasteiger partial charge in [-0.05, 0) is 468 Å². The topological polar surface area (TPSA) is 181 Å². The number of rotatable bonds is 17. The summed E-state index contributed by atoms with van der Waals surface area (Å²) in [6.45, 7) is 32.7. The Kier molecular flexibility index (Phi) is 41.1. The highest BCUT2D eigenvalue weighted by atomic mass is 32.1. The molecule has 16 fully saturated rings. The lowest BCUT2D eigenvalue weighted by Crippen LogP contribution is -2.42. The molecule has 8 atom stereocenters. The van der Waals surface area contributed by atoms with Gasteiger partial charge < -0.3 is 77.9 Å². The van der Waals surface area contributed by atoms with Crippen molar-refractivity contribution in [3.8, 4) is 0 Å². The van der Waals surface area contributed by atoms with Gasteiger partial charge in [-0.15, -0.1) is 26.6 Å². The number of pyridine rings is 2. The summed E-state index contributed by atoms with van der Waals surface area (Å²) >= 11 is 3.47. The molecule has 6 aromatic heterocycles. The molecule has 2 aromatic carbocycles. The molecule has 0 aliphatic carbocycles. The Morgan fingerprint density at radius 1 is 0.273 bits per heavy atom. The minimum absolute atomic E-state index is 0.610. The van der Waals surface area contributed by atoms with Crippen LogP contribution >= 0.6 is 22.7 Å². The van der Waals surface area contributed by atoms with Crippen molar-refractivity contribution in [1.82, 2.24) is 89.4 Å². The summed E-state index contributed by atoms with van der Waals surface area (Å²) in [4.78, 5) is 62.1. The third-order valence-electron chi connectivity index (χ3n) is 36.1. The predicted molar refractivity (Wildman–Crippen MR) is 592 cm³/mol. The van der Waals surface area contributed by atoms with Crippen LogP contribution in [0.4, 0.5) is 39.4 Å². The SMILES string of the molecule is CN1CCC([C@@H]2CCCN2Cc2ccccc2)CC1.CN1CCC([C@@H]2CCCN2c2ccccc2)CC1.CN1CCC([C@@H]2CCCN2c2ccccn2)CC1.CN1CCC([C@@H]2CCCN2c2ccncc2)CC1.CN1CCC([C@@H]2CCCN2c2ncccn2)CC1.CN1CCC([C@@H]2CCCN2c2nccs2)CC1.CN1CCC([C@@H]2CCCN2c2nncs2)CC1.Cc1nnc(N2CCC[C@H]2C2CCN(C)CC2)o1. The molecule has 143 heavy (non-hydrogen) atoms. The lowest BCUT2D eigenvalue weighted by molar-refractivity contribution is 0.120. The molecule has 784 valence electrons. The van der Waals surface area contributed by atoms with Crippen LogP contribution in [0.5, 0.6) is 0 Å². The maximum absolute atomic E-state index is 5.60. The third-order valence-corrected chi connectivity index (χ3v) is 37.6. The second kappa shape index (κ2) is 55.1. The van der Waals surface area contributed by atoms with Gasteiger partial charge in [0.25, 0.3) is 0 Å². The maximum atomic E-state index is 5.60. The van der Waals surface area contributed by atoms with E-state index in [0.717, 1.165) is 120 Å². The van der Waals surface area contributed by atoms with Crippen LogP contribution in [0, 0.1) is 54.3 Å². The largest absolute Gasteiger partial charge is 0.408 e. The van der Waals surface area contributed by atoms with Crippen molar-refractivity contribution in [3.63, 3.8) is 0 Å². The van der Waals surface area contributed by atoms with E-state index >= 15 is 0 Å². The first kappa shape index (κ1) is 107. The number of hydrogen-bond acceptors (Lipinski definition) is 28. The molecule has 16 aliphatic rings. The number of nitrogens with zero attached hydrogens (tertiary/aromatic N) is 25. The summed E-state index contributed by atoms with van der Waals surface area (Å²) in [7, 11) is 17.9. The van der Waals surface area contributed by atoms with Crippen LogP contribution in [0.2, 0.25) is 0 Å². The molecule has 0 N–H and O–H groups in total. The number of thiazole rings is 1. The highest BCUT2D eigenvalue weighted by molar-refractivity contribution is 7.13. The lowest BCUT2D eigenvalue weighted by atomic mass is 9.88. The predicted octanol–water partition coefficient (Wildman–Crippen LogP) is 18.6. The van der Waals surface area contributed by atoms with Gasteiger partial charge in [-0.25, -0.2) is 19.9 Å². The van der Waals surface area contributed by atoms with E-state index in [0.29, 0.717) is 18.0 Å². The van der Waals surface area contributed by atoms with Gasteiger partial charge in [-0.2, -0.15) is 0 Å². The summed E-state index contributed by atoms with van der Waals surface area (Å²) in [6, 6.07) is 41.1. The van der Waals surface area contributed by atoms with E-state index < -0.39 is 0 Å². The molecule has 0 bridgehead atoms. The van der Waals surface area contributed by atoms with Crippen molar-refractivity contribution in [3.05, 3.63) is 157 Å². The molecule has 0 spiro atoms. The van der Waals surface area contributed by atoms with E-state index in [9.17, 15) is 0 Å². The quantitative estimate of drug-likeness (QED) is 0.0838. The van der Waals surface area contributed by atoms with Crippen molar-refractivity contribution < 1.29 is 4.42 Å². The minimum Gasteiger partial charge on any atom is -0.408 e. The number of anilines is 7. The molecule has 0 amide bonds. The van der Waals surface area contributed by atoms with E-state index in [4.69, 9.17) is 4.42 Å². The van der Waals surface area contributed by atoms with Gasteiger partial charge in [0, 0.05) is 162 Å². The van der Waals surface area contributed by atoms with Crippen molar-refractivity contribution in [2.24, 2.45) is 47.3 Å². The Labute approximate surface area is 869 Å². The van der Waals surface area contributed by atoms with E-state index in [2.05, 4.69) is 270 Å². The summed E-state index contributed by atoms with van der Waals surface area (Å²) in [5, 5.41) is 20.8. The van der Waals surface area contributed by atoms with Gasteiger partial charge in [-0.3, -0.25) is 9.88 Å². The highest BCUT2D eigenvalue weighted by Gasteiger charge is 2.43. The van der Waals surface area contributed by atoms with E-state index in [1.54, 1.807) is 22.7 Å². The number of piperidine rings is 8. The van der Waals surface area contributed by atoms with Gasteiger partial charge in [0.15, 0.2) is 5.13 Å². The molecule has 16 saturated heterocycles. The fourth-order valence-electron chi connectivity index (χ4n) is 27.7. The Morgan fingerprint density at radius 3 is 1.01 bits per heavy atom. The average Bonchev–Trinajstić information content (AvgIpc) is 1.69. The standard InChI is InChI=1S/C17H26N2.C16H24N2.2C15H23N3.C14H22N4.C13H22N4O.C13H21N3S.C12H20N4S/c1-18-12-9-16(10-13-18)17-8-5-11-19(17)14-15-6-3-2-4-7-15;1-17-12-9-14(10-13-17)16-8-5-11-18(16)15-6-3-2-4-7-15;1-17-11-6-13(7-12-17)15-3-2-10-18(15)14-4-8-16-9-5-14;1-17-11-7-13(8-12-17)14-5-4-10-18(14)15-6-2-3-9-16-15;1-17-10-5-12(6-11-17)13-4-2-9-18(13)14-15-7-3-8-16-14;1-10-14-15-13(18-10)17-7-3-4-12(17)11-5-8-16(2)9-6-11;1-15-8-4-11(5-9-15)12-3-2-7-16(12)13-14-6-10-17-13;1-15-7-4-10(5-8-15)11-3-2-6-16(11)12-14-13-9-17-12/h2-4,6-7,16-17H,5,8-14H2,1H3;2-4,6-7,14,16H,5,8-13H2,1H3;4-5,8-9,13,15H,2-3,6-7,10-12H2,1H3;2-3,6,9,13-14H,4-5,7-8,10-12H2,1H3;3,7-8,12-13H,2,4-6,9-11H2,1H3;11-12H,3-9H2,1-2H3;6,10-12H,2-5,7-9H2,1H3;9-11H,2-8H2,1H3/t17-;16-;15-;14-;13-;2*12-;11-/m00000000/s1. The zero-order valence-electron chi connectivity index (χ0n) is 89.3. The number of para-hydroxylation sites is 1. The first-order valence-electron chi connectivity index (χ1n) is 56.8. The summed E-state index contributed by atoms with van der Waals surface area (Å²) < 4.78 is 5.60. The Bertz CT molecular complexity index is 4370. The molecular weight excluding hydrogens is 1810 g/mol. The molecule has 22 heterocycles. The molecule has 26 nitrogen and oxygen atoms in total. The van der Waals surface area contributed by atoms with Crippen LogP contribution in [-0.4, -0.2) is 351 Å². The summed E-state index contributed by atoms with van der Waals surface area (Å²) in [6.07, 6.45) is 54.5. The van der Waals surface area contributed by atoms with Gasteiger partial charge in [0.1, 0.15) is 11.3 Å². The molecule has 24 rings (SSSR count). The van der Waals surface area contributed by atoms with Crippen molar-refractivity contribution in [2.45, 2.75) is 267 Å². The molecule has 0 unspecified atom stereocenters. The molecular formula is C115H181N25OS2. The van der Waals surface area contributed by atoms with Crippen molar-refractivity contribution in [1.29, 1.82) is 0 Å². The average molecular weight is 1990 g/mol. The van der Waals surface area contributed by atoms with E-state index in [1.807, 2.05) is 61.7 Å². The smallest absolute Gasteiger partial charge is 0.318 e. The first-order chi connectivity index (χ1) is 70.1. The lowest BCUT2D eigenvalue weighted by Gasteiger charge is -2.38. The fourth-order valence-corrected chi connectivity index (χ4v) is 29.1. The fraction of sp³-hybridized carbons (Fsp3) is 0.713. The monoisotopic (exact) mass is 1990 g/mol. The van der Waals surface area contributed by atoms with Crippen LogP contribution in [-0.2, 0) is 6.54 Å². The van der Waals surface area contributed by atoms with E-state index in [-0.39, 0.29) is 0 Å². The third kappa shape index (κ3) is 30.2. The zero-order valence-corrected chi connectivity index (χ0v) is 90.9. The van der Waals surface area contributed by atoms with Gasteiger partial charge >= 0.3 is 6.01 Å². The molecule has 0 radical (unpaired) electrons. The second-order valence-corrected chi connectivity index (χ2v) is 47.2. The molecule has 16 aliphatic heterocycles. The number of benzene rings is 2. The van der Waals surface area contributed by atoms with E-state index in [1.165, 1.54) is 377 Å². The second-order valence-electron chi connectivity index (χ2n) is 45.5. The van der Waals surface area contributed by atoms with Crippen molar-refractivity contribution in [2.75, 3.05) is 248 Å². The Balaban J connectivity index is 0.000000112. The van der Waals surface area contributed by atoms with Crippen LogP contribution in [0.15, 0.2) is 150 Å². The van der Waals surface area contributed by atoms with Gasteiger partial charge in [0.2, 0.25) is 17.0 Å². The minimum atomic E-state index is 0.610. The maximum Gasteiger partial charge on any atom is 0.318 e. The van der Waals surface area contributed by atoms with Gasteiger partial charge in [0.05, 0.1) is 0 Å². The first-order valence-corrected chi connectivity index (χ1v) is 58.6. The van der Waals surface area contributed by atoms with Crippen LogP contribution in [0.3, 0.4) is 0 Å². The number of hydrogen-bond donors (Lipinski definition) is 0. The number of likely N-dealkylation sites (tertiary alicyclic amines) is 9. The van der Waals surface area contributed by atoms with Crippen LogP contribution in [0.1, 0.15) is 217 Å². The summed E-state index contributed by atoms with van der Waals surface area (Å²) in [5.41, 5.74) is 6.12. The normalized spacial score (nSPS) is 27.0.